The van der Waals surface area contributed by atoms with Gasteiger partial charge < -0.3 is 29.4 Å². The van der Waals surface area contributed by atoms with Gasteiger partial charge in [-0.3, -0.25) is 4.79 Å². The zero-order chi connectivity index (χ0) is 21.3. The van der Waals surface area contributed by atoms with Crippen LogP contribution in [0.1, 0.15) is 37.0 Å². The molecule has 2 heterocycles. The highest BCUT2D eigenvalue weighted by Crippen LogP contribution is 2.43. The molecule has 1 aromatic carbocycles. The molecule has 0 bridgehead atoms. The highest BCUT2D eigenvalue weighted by Gasteiger charge is 2.31. The van der Waals surface area contributed by atoms with Crippen LogP contribution in [-0.2, 0) is 17.6 Å². The van der Waals surface area contributed by atoms with E-state index >= 15 is 0 Å². The molecular weight excluding hydrogens is 378 g/mol. The van der Waals surface area contributed by atoms with Gasteiger partial charge in [-0.1, -0.05) is 0 Å². The zero-order valence-electron chi connectivity index (χ0n) is 17.1. The quantitative estimate of drug-likeness (QED) is 0.619. The molecule has 1 aliphatic rings. The van der Waals surface area contributed by atoms with Gasteiger partial charge in [0, 0.05) is 18.2 Å². The summed E-state index contributed by atoms with van der Waals surface area (Å²) < 4.78 is 17.2. The van der Waals surface area contributed by atoms with Gasteiger partial charge in [-0.25, -0.2) is 4.79 Å². The molecule has 29 heavy (non-hydrogen) atoms. The Morgan fingerprint density at radius 2 is 2.14 bits per heavy atom. The molecule has 0 fully saturated rings. The van der Waals surface area contributed by atoms with Gasteiger partial charge in [0.05, 0.1) is 37.2 Å². The number of nitrogens with one attached hydrogen (secondary N) is 1. The molecule has 1 atom stereocenters. The van der Waals surface area contributed by atoms with E-state index < -0.39 is 24.2 Å². The monoisotopic (exact) mass is 405 g/mol. The molecule has 0 saturated heterocycles. The molecule has 158 valence electrons. The molecule has 8 heteroatoms. The minimum absolute atomic E-state index is 0.1000. The number of amides is 1. The number of hydrogen-bond donors (Lipinski definition) is 3. The molecule has 1 unspecified atom stereocenters. The van der Waals surface area contributed by atoms with Crippen LogP contribution in [0, 0.1) is 6.92 Å². The van der Waals surface area contributed by atoms with Gasteiger partial charge in [0.25, 0.3) is 0 Å². The second-order valence-corrected chi connectivity index (χ2v) is 7.93. The number of rotatable bonds is 6. The third-order valence-corrected chi connectivity index (χ3v) is 5.24. The lowest BCUT2D eigenvalue weighted by molar-refractivity contribution is -0.121. The Labute approximate surface area is 168 Å². The molecule has 0 radical (unpaired) electrons. The average Bonchev–Trinajstić information content (AvgIpc) is 2.67. The number of fused-ring (bicyclic) bond motifs is 3. The minimum atomic E-state index is -1.05. The molecule has 1 aliphatic heterocycles. The Balaban J connectivity index is 2.05. The summed E-state index contributed by atoms with van der Waals surface area (Å²) in [6, 6.07) is 1.80. The van der Waals surface area contributed by atoms with Crippen molar-refractivity contribution in [2.75, 3.05) is 20.3 Å². The Bertz CT molecular complexity index is 993. The summed E-state index contributed by atoms with van der Waals surface area (Å²) in [7, 11) is 1.53. The first-order valence-corrected chi connectivity index (χ1v) is 9.57. The van der Waals surface area contributed by atoms with Crippen molar-refractivity contribution in [3.05, 3.63) is 33.2 Å². The van der Waals surface area contributed by atoms with Gasteiger partial charge in [-0.05, 0) is 39.2 Å². The Morgan fingerprint density at radius 1 is 1.41 bits per heavy atom. The number of hydrogen-bond acceptors (Lipinski definition) is 7. The van der Waals surface area contributed by atoms with Crippen LogP contribution in [0.2, 0.25) is 0 Å². The smallest absolute Gasteiger partial charge is 0.340 e. The summed E-state index contributed by atoms with van der Waals surface area (Å²) in [5.41, 5.74) is 1.17. The number of carbonyl (C=O) groups excluding carboxylic acids is 1. The molecule has 0 aliphatic carbocycles. The predicted octanol–water partition coefficient (Wildman–Crippen LogP) is 1.23. The summed E-state index contributed by atoms with van der Waals surface area (Å²) in [6.07, 6.45) is 0.224. The van der Waals surface area contributed by atoms with E-state index in [2.05, 4.69) is 5.32 Å². The van der Waals surface area contributed by atoms with Crippen molar-refractivity contribution in [2.45, 2.75) is 51.7 Å². The summed E-state index contributed by atoms with van der Waals surface area (Å²) >= 11 is 0. The van der Waals surface area contributed by atoms with Crippen LogP contribution in [0.3, 0.4) is 0 Å². The van der Waals surface area contributed by atoms with Crippen LogP contribution in [0.4, 0.5) is 0 Å². The SMILES string of the molecule is COc1cc2c(c3oc(=O)c(CC(=O)NCC(O)CO)c(C)c13)CCC(C)(C)O2. The van der Waals surface area contributed by atoms with Crippen LogP contribution in [0.25, 0.3) is 11.0 Å². The molecule has 8 nitrogen and oxygen atoms in total. The van der Waals surface area contributed by atoms with Crippen LogP contribution >= 0.6 is 0 Å². The van der Waals surface area contributed by atoms with Gasteiger partial charge in [-0.15, -0.1) is 0 Å². The molecule has 1 aromatic heterocycles. The first-order valence-electron chi connectivity index (χ1n) is 9.57. The van der Waals surface area contributed by atoms with E-state index in [0.29, 0.717) is 34.5 Å². The van der Waals surface area contributed by atoms with E-state index in [1.807, 2.05) is 13.8 Å². The Kier molecular flexibility index (Phi) is 5.86. The average molecular weight is 405 g/mol. The number of aryl methyl sites for hydroxylation is 2. The number of benzene rings is 1. The standard InChI is InChI=1S/C21H27NO7/c1-11-14(7-17(25)22-9-12(24)10-23)20(26)28-19-13-5-6-21(2,3)29-15(13)8-16(27-4)18(11)19/h8,12,23-24H,5-7,9-10H2,1-4H3,(H,22,25). The van der Waals surface area contributed by atoms with E-state index in [-0.39, 0.29) is 24.1 Å². The van der Waals surface area contributed by atoms with Crippen molar-refractivity contribution in [1.82, 2.24) is 5.32 Å². The normalized spacial score (nSPS) is 16.1. The third kappa shape index (κ3) is 4.23. The summed E-state index contributed by atoms with van der Waals surface area (Å²) in [5, 5.41) is 21.3. The topological polar surface area (TPSA) is 118 Å². The Morgan fingerprint density at radius 3 is 2.79 bits per heavy atom. The van der Waals surface area contributed by atoms with Gasteiger partial charge >= 0.3 is 5.63 Å². The summed E-state index contributed by atoms with van der Waals surface area (Å²) in [5.74, 6) is 0.695. The van der Waals surface area contributed by atoms with Gasteiger partial charge in [0.1, 0.15) is 22.7 Å². The fraction of sp³-hybridized carbons (Fsp3) is 0.524. The lowest BCUT2D eigenvalue weighted by Crippen LogP contribution is -2.35. The molecule has 1 amide bonds. The van der Waals surface area contributed by atoms with E-state index in [4.69, 9.17) is 19.0 Å². The Hall–Kier alpha value is -2.58. The number of aliphatic hydroxyl groups is 2. The fourth-order valence-corrected chi connectivity index (χ4v) is 3.57. The van der Waals surface area contributed by atoms with Crippen molar-refractivity contribution in [2.24, 2.45) is 0 Å². The second kappa shape index (κ2) is 8.04. The molecule has 0 spiro atoms. The third-order valence-electron chi connectivity index (χ3n) is 5.24. The largest absolute Gasteiger partial charge is 0.496 e. The van der Waals surface area contributed by atoms with E-state index in [0.717, 1.165) is 12.0 Å². The number of ether oxygens (including phenoxy) is 2. The van der Waals surface area contributed by atoms with Crippen molar-refractivity contribution in [1.29, 1.82) is 0 Å². The van der Waals surface area contributed by atoms with Gasteiger partial charge in [0.15, 0.2) is 0 Å². The predicted molar refractivity (Wildman–Crippen MR) is 107 cm³/mol. The van der Waals surface area contributed by atoms with E-state index in [9.17, 15) is 14.7 Å². The minimum Gasteiger partial charge on any atom is -0.496 e. The van der Waals surface area contributed by atoms with E-state index in [1.54, 1.807) is 13.0 Å². The highest BCUT2D eigenvalue weighted by molar-refractivity contribution is 5.93. The van der Waals surface area contributed by atoms with Crippen LogP contribution in [-0.4, -0.2) is 48.1 Å². The first kappa shape index (κ1) is 21.1. The summed E-state index contributed by atoms with van der Waals surface area (Å²) in [6.45, 7) is 5.20. The molecule has 2 aromatic rings. The number of aliphatic hydroxyl groups excluding tert-OH is 2. The van der Waals surface area contributed by atoms with E-state index in [1.165, 1.54) is 7.11 Å². The lowest BCUT2D eigenvalue weighted by Gasteiger charge is -2.33. The van der Waals surface area contributed by atoms with Crippen LogP contribution in [0.15, 0.2) is 15.3 Å². The van der Waals surface area contributed by atoms with Crippen LogP contribution in [0.5, 0.6) is 11.5 Å². The molecule has 0 saturated carbocycles. The zero-order valence-corrected chi connectivity index (χ0v) is 17.1. The maximum absolute atomic E-state index is 12.7. The maximum Gasteiger partial charge on any atom is 0.340 e. The second-order valence-electron chi connectivity index (χ2n) is 7.93. The van der Waals surface area contributed by atoms with Gasteiger partial charge in [0.2, 0.25) is 5.91 Å². The van der Waals surface area contributed by atoms with Crippen molar-refractivity contribution < 1.29 is 28.9 Å². The fourth-order valence-electron chi connectivity index (χ4n) is 3.57. The first-order chi connectivity index (χ1) is 13.7. The molecule has 3 rings (SSSR count). The summed E-state index contributed by atoms with van der Waals surface area (Å²) in [4.78, 5) is 24.9. The van der Waals surface area contributed by atoms with Gasteiger partial charge in [-0.2, -0.15) is 0 Å². The maximum atomic E-state index is 12.7. The highest BCUT2D eigenvalue weighted by atomic mass is 16.5. The lowest BCUT2D eigenvalue weighted by atomic mass is 9.91. The number of methoxy groups -OCH3 is 1. The van der Waals surface area contributed by atoms with Crippen LogP contribution < -0.4 is 20.4 Å². The van der Waals surface area contributed by atoms with Crippen molar-refractivity contribution in [3.63, 3.8) is 0 Å². The number of carbonyl (C=O) groups is 1. The molecule has 3 N–H and O–H groups in total. The molecular formula is C21H27NO7. The van der Waals surface area contributed by atoms with Crippen molar-refractivity contribution in [3.8, 4) is 11.5 Å². The van der Waals surface area contributed by atoms with Crippen molar-refractivity contribution >= 4 is 16.9 Å².